The van der Waals surface area contributed by atoms with Gasteiger partial charge in [-0.05, 0) is 36.6 Å². The second kappa shape index (κ2) is 12.0. The van der Waals surface area contributed by atoms with E-state index in [1.165, 1.54) is 16.2 Å². The van der Waals surface area contributed by atoms with Crippen LogP contribution in [0, 0.1) is 18.6 Å². The first-order valence-electron chi connectivity index (χ1n) is 13.4. The van der Waals surface area contributed by atoms with Crippen molar-refractivity contribution in [3.8, 4) is 0 Å². The first-order chi connectivity index (χ1) is 19.3. The van der Waals surface area contributed by atoms with Gasteiger partial charge in [0.15, 0.2) is 0 Å². The van der Waals surface area contributed by atoms with Crippen LogP contribution in [-0.4, -0.2) is 34.8 Å². The molecule has 0 unspecified atom stereocenters. The molecule has 5 rings (SSSR count). The van der Waals surface area contributed by atoms with Gasteiger partial charge in [-0.2, -0.15) is 0 Å². The molecule has 4 aromatic rings. The molecule has 1 aliphatic heterocycles. The summed E-state index contributed by atoms with van der Waals surface area (Å²) in [6, 6.07) is 22.3. The molecule has 0 amide bonds. The number of anilines is 1. The predicted molar refractivity (Wildman–Crippen MR) is 153 cm³/mol. The van der Waals surface area contributed by atoms with E-state index in [0.717, 1.165) is 28.7 Å². The molecular formula is C31H33F2N5O2. The average molecular weight is 546 g/mol. The molecule has 0 radical (unpaired) electrons. The van der Waals surface area contributed by atoms with Crippen molar-refractivity contribution in [1.29, 1.82) is 0 Å². The molecule has 9 heteroatoms. The Balaban J connectivity index is 1.57. The number of hydrogen-bond donors (Lipinski definition) is 2. The lowest BCUT2D eigenvalue weighted by Crippen LogP contribution is -2.55. The largest absolute Gasteiger partial charge is 0.363 e. The maximum Gasteiger partial charge on any atom is 0.331 e. The number of aromatic nitrogens is 2. The number of piperazine rings is 1. The second-order valence-corrected chi connectivity index (χ2v) is 10.2. The van der Waals surface area contributed by atoms with Crippen LogP contribution in [0.15, 0.2) is 88.5 Å². The van der Waals surface area contributed by atoms with E-state index in [4.69, 9.17) is 5.73 Å². The van der Waals surface area contributed by atoms with Gasteiger partial charge in [-0.1, -0.05) is 66.7 Å². The maximum absolute atomic E-state index is 14.7. The lowest BCUT2D eigenvalue weighted by atomic mass is 10.0. The van der Waals surface area contributed by atoms with Crippen molar-refractivity contribution < 1.29 is 8.78 Å². The summed E-state index contributed by atoms with van der Waals surface area (Å²) in [4.78, 5) is 29.7. The van der Waals surface area contributed by atoms with Crippen molar-refractivity contribution in [1.82, 2.24) is 14.5 Å². The van der Waals surface area contributed by atoms with Gasteiger partial charge < -0.3 is 16.0 Å². The highest BCUT2D eigenvalue weighted by molar-refractivity contribution is 5.50. The Kier molecular flexibility index (Phi) is 8.23. The maximum atomic E-state index is 14.7. The molecule has 2 atom stereocenters. The van der Waals surface area contributed by atoms with Crippen LogP contribution in [0.3, 0.4) is 0 Å². The third-order valence-corrected chi connectivity index (χ3v) is 7.54. The third kappa shape index (κ3) is 5.76. The quantitative estimate of drug-likeness (QED) is 0.355. The summed E-state index contributed by atoms with van der Waals surface area (Å²) in [5.74, 6) is -1.51. The van der Waals surface area contributed by atoms with Gasteiger partial charge in [-0.15, -0.1) is 0 Å². The summed E-state index contributed by atoms with van der Waals surface area (Å²) < 4.78 is 31.7. The van der Waals surface area contributed by atoms with Crippen molar-refractivity contribution in [3.05, 3.63) is 134 Å². The molecular weight excluding hydrogens is 512 g/mol. The van der Waals surface area contributed by atoms with Gasteiger partial charge in [0.1, 0.15) is 17.3 Å². The number of nitrogens with two attached hydrogens (primary N) is 1. The molecule has 1 saturated heterocycles. The van der Waals surface area contributed by atoms with Crippen LogP contribution in [0.25, 0.3) is 0 Å². The lowest BCUT2D eigenvalue weighted by Gasteiger charge is -2.36. The van der Waals surface area contributed by atoms with Crippen molar-refractivity contribution in [2.45, 2.75) is 38.5 Å². The Morgan fingerprint density at radius 1 is 0.925 bits per heavy atom. The smallest absolute Gasteiger partial charge is 0.331 e. The van der Waals surface area contributed by atoms with Gasteiger partial charge in [0.05, 0.1) is 13.1 Å². The molecule has 7 nitrogen and oxygen atoms in total. The van der Waals surface area contributed by atoms with Crippen molar-refractivity contribution in [2.75, 3.05) is 24.5 Å². The number of nitrogens with zero attached hydrogens (tertiary/aromatic N) is 3. The summed E-state index contributed by atoms with van der Waals surface area (Å²) in [6.07, 6.45) is 0.767. The fourth-order valence-electron chi connectivity index (χ4n) is 5.41. The Morgan fingerprint density at radius 3 is 2.25 bits per heavy atom. The van der Waals surface area contributed by atoms with E-state index in [1.54, 1.807) is 6.92 Å². The Bertz CT molecular complexity index is 1570. The molecule has 2 heterocycles. The fraction of sp³-hybridized carbons (Fsp3) is 0.290. The monoisotopic (exact) mass is 545 g/mol. The van der Waals surface area contributed by atoms with Gasteiger partial charge in [0.25, 0.3) is 5.56 Å². The number of nitrogens with one attached hydrogen (secondary N) is 1. The minimum absolute atomic E-state index is 0.0689. The van der Waals surface area contributed by atoms with Crippen LogP contribution in [-0.2, 0) is 19.5 Å². The van der Waals surface area contributed by atoms with Gasteiger partial charge in [0, 0.05) is 43.0 Å². The van der Waals surface area contributed by atoms with Crippen LogP contribution in [0.4, 0.5) is 14.5 Å². The van der Waals surface area contributed by atoms with E-state index in [0.29, 0.717) is 31.0 Å². The molecule has 40 heavy (non-hydrogen) atoms. The summed E-state index contributed by atoms with van der Waals surface area (Å²) in [5.41, 5.74) is 7.74. The molecule has 3 N–H and O–H groups in total. The normalized spacial score (nSPS) is 16.2. The zero-order valence-corrected chi connectivity index (χ0v) is 22.4. The van der Waals surface area contributed by atoms with Crippen molar-refractivity contribution >= 4 is 5.69 Å². The number of halogens is 2. The molecule has 1 aliphatic rings. The second-order valence-electron chi connectivity index (χ2n) is 10.2. The van der Waals surface area contributed by atoms with Gasteiger partial charge in [0.2, 0.25) is 0 Å². The molecule has 1 fully saturated rings. The van der Waals surface area contributed by atoms with Crippen LogP contribution in [0.2, 0.25) is 0 Å². The Morgan fingerprint density at radius 2 is 1.57 bits per heavy atom. The highest BCUT2D eigenvalue weighted by Gasteiger charge is 2.27. The number of rotatable bonds is 8. The van der Waals surface area contributed by atoms with Crippen LogP contribution < -0.4 is 27.2 Å². The van der Waals surface area contributed by atoms with Crippen molar-refractivity contribution in [3.63, 3.8) is 0 Å². The summed E-state index contributed by atoms with van der Waals surface area (Å²) in [7, 11) is 0. The molecule has 0 bridgehead atoms. The first kappa shape index (κ1) is 27.5. The fourth-order valence-corrected chi connectivity index (χ4v) is 5.41. The summed E-state index contributed by atoms with van der Waals surface area (Å²) in [5, 5.41) is 3.52. The average Bonchev–Trinajstić information content (AvgIpc) is 2.96. The van der Waals surface area contributed by atoms with Crippen LogP contribution in [0.5, 0.6) is 0 Å². The highest BCUT2D eigenvalue weighted by Crippen LogP contribution is 2.21. The van der Waals surface area contributed by atoms with Crippen molar-refractivity contribution in [2.24, 2.45) is 5.73 Å². The molecule has 1 aromatic heterocycles. The standard InChI is InChI=1S/C31H33F2N5O2/c1-21-29(36-16-15-35-24(18-36)17-22-9-4-2-5-10-22)30(39)38(20-28(34)23-11-6-3-7-12-23)31(40)37(21)19-25-26(32)13-8-14-27(25)33/h2-14,24,28,35H,15-20,34H2,1H3/t24-,28-/m0/s1. The van der Waals surface area contributed by atoms with Gasteiger partial charge >= 0.3 is 5.69 Å². The van der Waals surface area contributed by atoms with Crippen LogP contribution in [0.1, 0.15) is 28.4 Å². The van der Waals surface area contributed by atoms with E-state index in [1.807, 2.05) is 53.4 Å². The molecule has 0 saturated carbocycles. The predicted octanol–water partition coefficient (Wildman–Crippen LogP) is 3.37. The number of hydrogen-bond acceptors (Lipinski definition) is 5. The third-order valence-electron chi connectivity index (χ3n) is 7.54. The number of benzene rings is 3. The topological polar surface area (TPSA) is 85.3 Å². The van der Waals surface area contributed by atoms with Gasteiger partial charge in [-0.25, -0.2) is 13.6 Å². The van der Waals surface area contributed by atoms with E-state index in [2.05, 4.69) is 17.4 Å². The first-order valence-corrected chi connectivity index (χ1v) is 13.4. The lowest BCUT2D eigenvalue weighted by molar-refractivity contribution is 0.445. The molecule has 0 spiro atoms. The zero-order chi connectivity index (χ0) is 28.2. The minimum atomic E-state index is -0.753. The Labute approximate surface area is 231 Å². The minimum Gasteiger partial charge on any atom is -0.363 e. The zero-order valence-electron chi connectivity index (χ0n) is 22.4. The van der Waals surface area contributed by atoms with Crippen LogP contribution >= 0.6 is 0 Å². The molecule has 3 aromatic carbocycles. The van der Waals surface area contributed by atoms with E-state index < -0.39 is 28.9 Å². The van der Waals surface area contributed by atoms with Gasteiger partial charge in [-0.3, -0.25) is 13.9 Å². The summed E-state index contributed by atoms with van der Waals surface area (Å²) in [6.45, 7) is 2.94. The Hall–Kier alpha value is -4.08. The van der Waals surface area contributed by atoms with E-state index in [9.17, 15) is 18.4 Å². The van der Waals surface area contributed by atoms with E-state index >= 15 is 0 Å². The van der Waals surface area contributed by atoms with E-state index in [-0.39, 0.29) is 24.7 Å². The molecule has 208 valence electrons. The summed E-state index contributed by atoms with van der Waals surface area (Å²) >= 11 is 0. The SMILES string of the molecule is Cc1c(N2CCN[C@@H](Cc3ccccc3)C2)c(=O)n(C[C@H](N)c2ccccc2)c(=O)n1Cc1c(F)cccc1F. The highest BCUT2D eigenvalue weighted by atomic mass is 19.1. The molecule has 0 aliphatic carbocycles.